The fourth-order valence-corrected chi connectivity index (χ4v) is 4.00. The van der Waals surface area contributed by atoms with E-state index in [1.165, 1.54) is 20.2 Å². The van der Waals surface area contributed by atoms with Gasteiger partial charge in [-0.2, -0.15) is 0 Å². The van der Waals surface area contributed by atoms with Crippen molar-refractivity contribution < 1.29 is 4.74 Å². The first-order valence-electron chi connectivity index (χ1n) is 5.53. The Bertz CT molecular complexity index is 501. The van der Waals surface area contributed by atoms with E-state index in [9.17, 15) is 0 Å². The monoisotopic (exact) mass is 267 g/mol. The zero-order chi connectivity index (χ0) is 12.4. The maximum atomic E-state index is 5.41. The standard InChI is InChI=1S/C13H17NOS2/c1-8-7-10(9(2)17-8)12(14-3)13-11(15-4)5-6-16-13/h5-7,12,14H,1-4H3. The number of hydrogen-bond acceptors (Lipinski definition) is 4. The average Bonchev–Trinajstić information content (AvgIpc) is 2.88. The zero-order valence-electron chi connectivity index (χ0n) is 10.5. The summed E-state index contributed by atoms with van der Waals surface area (Å²) in [6.07, 6.45) is 0. The number of hydrogen-bond donors (Lipinski definition) is 1. The lowest BCUT2D eigenvalue weighted by molar-refractivity contribution is 0.408. The molecular formula is C13H17NOS2. The maximum Gasteiger partial charge on any atom is 0.134 e. The second-order valence-corrected chi connectivity index (χ2v) is 6.35. The molecule has 2 nitrogen and oxygen atoms in total. The van der Waals surface area contributed by atoms with Crippen LogP contribution in [0.15, 0.2) is 17.5 Å². The van der Waals surface area contributed by atoms with Crippen LogP contribution in [0.5, 0.6) is 5.75 Å². The molecule has 2 heterocycles. The highest BCUT2D eigenvalue weighted by Gasteiger charge is 2.20. The molecule has 0 fully saturated rings. The second kappa shape index (κ2) is 5.21. The van der Waals surface area contributed by atoms with Gasteiger partial charge < -0.3 is 10.1 Å². The minimum absolute atomic E-state index is 0.231. The normalized spacial score (nSPS) is 12.7. The topological polar surface area (TPSA) is 21.3 Å². The summed E-state index contributed by atoms with van der Waals surface area (Å²) in [6, 6.07) is 4.52. The number of methoxy groups -OCH3 is 1. The molecule has 2 rings (SSSR count). The number of ether oxygens (including phenoxy) is 1. The second-order valence-electron chi connectivity index (χ2n) is 3.94. The Kier molecular flexibility index (Phi) is 3.86. The molecule has 4 heteroatoms. The molecule has 0 spiro atoms. The van der Waals surface area contributed by atoms with Gasteiger partial charge in [0.2, 0.25) is 0 Å². The summed E-state index contributed by atoms with van der Waals surface area (Å²) in [6.45, 7) is 4.33. The Morgan fingerprint density at radius 1 is 1.35 bits per heavy atom. The van der Waals surface area contributed by atoms with Gasteiger partial charge in [0.25, 0.3) is 0 Å². The van der Waals surface area contributed by atoms with E-state index in [1.54, 1.807) is 18.4 Å². The van der Waals surface area contributed by atoms with Crippen molar-refractivity contribution >= 4 is 22.7 Å². The van der Waals surface area contributed by atoms with Gasteiger partial charge in [0.15, 0.2) is 0 Å². The van der Waals surface area contributed by atoms with E-state index in [2.05, 4.69) is 30.6 Å². The van der Waals surface area contributed by atoms with Gasteiger partial charge in [-0.3, -0.25) is 0 Å². The van der Waals surface area contributed by atoms with E-state index in [-0.39, 0.29) is 6.04 Å². The highest BCUT2D eigenvalue weighted by molar-refractivity contribution is 7.12. The first-order chi connectivity index (χ1) is 8.17. The summed E-state index contributed by atoms with van der Waals surface area (Å²) in [4.78, 5) is 3.97. The van der Waals surface area contributed by atoms with Crippen molar-refractivity contribution in [3.05, 3.63) is 37.7 Å². The highest BCUT2D eigenvalue weighted by Crippen LogP contribution is 2.37. The maximum absolute atomic E-state index is 5.41. The lowest BCUT2D eigenvalue weighted by Crippen LogP contribution is -2.17. The lowest BCUT2D eigenvalue weighted by Gasteiger charge is -2.16. The molecule has 1 N–H and O–H groups in total. The van der Waals surface area contributed by atoms with Crippen molar-refractivity contribution in [3.63, 3.8) is 0 Å². The fourth-order valence-electron chi connectivity index (χ4n) is 2.05. The molecule has 92 valence electrons. The quantitative estimate of drug-likeness (QED) is 0.911. The third-order valence-corrected chi connectivity index (χ3v) is 4.76. The van der Waals surface area contributed by atoms with Gasteiger partial charge in [0.05, 0.1) is 18.0 Å². The lowest BCUT2D eigenvalue weighted by atomic mass is 10.1. The van der Waals surface area contributed by atoms with Gasteiger partial charge in [-0.15, -0.1) is 22.7 Å². The molecule has 0 aliphatic rings. The van der Waals surface area contributed by atoms with Crippen molar-refractivity contribution in [3.8, 4) is 5.75 Å². The van der Waals surface area contributed by atoms with Crippen LogP contribution in [0.3, 0.4) is 0 Å². The summed E-state index contributed by atoms with van der Waals surface area (Å²) >= 11 is 3.58. The van der Waals surface area contributed by atoms with E-state index in [0.29, 0.717) is 0 Å². The molecule has 0 aromatic carbocycles. The van der Waals surface area contributed by atoms with Gasteiger partial charge in [-0.1, -0.05) is 0 Å². The minimum Gasteiger partial charge on any atom is -0.496 e. The molecule has 0 saturated carbocycles. The fraction of sp³-hybridized carbons (Fsp3) is 0.385. The van der Waals surface area contributed by atoms with Crippen LogP contribution in [0, 0.1) is 13.8 Å². The van der Waals surface area contributed by atoms with Crippen LogP contribution < -0.4 is 10.1 Å². The average molecular weight is 267 g/mol. The first-order valence-corrected chi connectivity index (χ1v) is 7.22. The Morgan fingerprint density at radius 3 is 2.65 bits per heavy atom. The van der Waals surface area contributed by atoms with Crippen molar-refractivity contribution in [1.29, 1.82) is 0 Å². The Hall–Kier alpha value is -0.840. The first kappa shape index (κ1) is 12.6. The Morgan fingerprint density at radius 2 is 2.12 bits per heavy atom. The third-order valence-electron chi connectivity index (χ3n) is 2.82. The van der Waals surface area contributed by atoms with Gasteiger partial charge in [0.1, 0.15) is 5.75 Å². The van der Waals surface area contributed by atoms with Gasteiger partial charge in [-0.25, -0.2) is 0 Å². The predicted octanol–water partition coefficient (Wildman–Crippen LogP) is 3.74. The van der Waals surface area contributed by atoms with Crippen LogP contribution in [0.2, 0.25) is 0 Å². The van der Waals surface area contributed by atoms with Crippen molar-refractivity contribution in [2.24, 2.45) is 0 Å². The molecule has 0 aliphatic carbocycles. The molecule has 1 atom stereocenters. The molecule has 1 unspecified atom stereocenters. The Balaban J connectivity index is 2.43. The molecule has 2 aromatic heterocycles. The van der Waals surface area contributed by atoms with Crippen LogP contribution >= 0.6 is 22.7 Å². The van der Waals surface area contributed by atoms with Crippen LogP contribution in [-0.4, -0.2) is 14.2 Å². The molecule has 0 bridgehead atoms. The molecular weight excluding hydrogens is 250 g/mol. The van der Waals surface area contributed by atoms with E-state index >= 15 is 0 Å². The zero-order valence-corrected chi connectivity index (χ0v) is 12.2. The summed E-state index contributed by atoms with van der Waals surface area (Å²) in [5, 5.41) is 5.46. The molecule has 2 aromatic rings. The van der Waals surface area contributed by atoms with Crippen molar-refractivity contribution in [1.82, 2.24) is 5.32 Å². The van der Waals surface area contributed by atoms with Crippen LogP contribution in [-0.2, 0) is 0 Å². The number of rotatable bonds is 4. The van der Waals surface area contributed by atoms with Gasteiger partial charge in [0, 0.05) is 9.75 Å². The van der Waals surface area contributed by atoms with Gasteiger partial charge in [-0.05, 0) is 44.0 Å². The molecule has 0 aliphatic heterocycles. The van der Waals surface area contributed by atoms with Crippen LogP contribution in [0.25, 0.3) is 0 Å². The molecule has 0 saturated heterocycles. The van der Waals surface area contributed by atoms with E-state index in [0.717, 1.165) is 5.75 Å². The minimum atomic E-state index is 0.231. The van der Waals surface area contributed by atoms with Gasteiger partial charge >= 0.3 is 0 Å². The summed E-state index contributed by atoms with van der Waals surface area (Å²) in [5.74, 6) is 0.970. The van der Waals surface area contributed by atoms with Crippen molar-refractivity contribution in [2.75, 3.05) is 14.2 Å². The molecule has 17 heavy (non-hydrogen) atoms. The highest BCUT2D eigenvalue weighted by atomic mass is 32.1. The number of nitrogens with one attached hydrogen (secondary N) is 1. The number of thiophene rings is 2. The van der Waals surface area contributed by atoms with Crippen LogP contribution in [0.4, 0.5) is 0 Å². The molecule has 0 radical (unpaired) electrons. The van der Waals surface area contributed by atoms with E-state index in [4.69, 9.17) is 4.74 Å². The van der Waals surface area contributed by atoms with E-state index < -0.39 is 0 Å². The van der Waals surface area contributed by atoms with Crippen LogP contribution in [0.1, 0.15) is 26.2 Å². The Labute approximate surface area is 110 Å². The summed E-state index contributed by atoms with van der Waals surface area (Å²) in [5.41, 5.74) is 1.36. The smallest absolute Gasteiger partial charge is 0.134 e. The van der Waals surface area contributed by atoms with Crippen molar-refractivity contribution in [2.45, 2.75) is 19.9 Å². The third kappa shape index (κ3) is 2.39. The summed E-state index contributed by atoms with van der Waals surface area (Å²) < 4.78 is 5.41. The largest absolute Gasteiger partial charge is 0.496 e. The number of aryl methyl sites for hydroxylation is 2. The summed E-state index contributed by atoms with van der Waals surface area (Å²) in [7, 11) is 3.72. The van der Waals surface area contributed by atoms with E-state index in [1.807, 2.05) is 24.5 Å². The predicted molar refractivity (Wildman–Crippen MR) is 75.6 cm³/mol. The molecule has 0 amide bonds. The SMILES string of the molecule is CNC(c1cc(C)sc1C)c1sccc1OC.